The summed E-state index contributed by atoms with van der Waals surface area (Å²) in [4.78, 5) is 25.5. The molecule has 2 amide bonds. The first kappa shape index (κ1) is 13.1. The minimum atomic E-state index is -0.345. The van der Waals surface area contributed by atoms with Gasteiger partial charge in [0.25, 0.3) is 0 Å². The van der Waals surface area contributed by atoms with Gasteiger partial charge in [-0.2, -0.15) is 11.3 Å². The van der Waals surface area contributed by atoms with E-state index in [1.807, 2.05) is 17.2 Å². The van der Waals surface area contributed by atoms with Crippen LogP contribution in [0.4, 0.5) is 0 Å². The lowest BCUT2D eigenvalue weighted by Crippen LogP contribution is -2.44. The minimum Gasteiger partial charge on any atom is -0.344 e. The molecule has 2 heterocycles. The van der Waals surface area contributed by atoms with E-state index in [1.54, 1.807) is 11.3 Å². The molecule has 4 nitrogen and oxygen atoms in total. The van der Waals surface area contributed by atoms with Gasteiger partial charge in [0.15, 0.2) is 0 Å². The molecule has 1 atom stereocenters. The number of hydrogen-bond donors (Lipinski definition) is 1. The fraction of sp³-hybridized carbons (Fsp3) is 0.538. The fourth-order valence-corrected chi connectivity index (χ4v) is 2.80. The fourth-order valence-electron chi connectivity index (χ4n) is 2.09. The molecule has 0 spiro atoms. The summed E-state index contributed by atoms with van der Waals surface area (Å²) < 4.78 is 0. The first-order chi connectivity index (χ1) is 8.70. The standard InChI is InChI=1S/C13H18N2O2S/c1-2-11-13(17)15(7-4-12(16)14-11)6-3-10-5-8-18-9-10/h5,8-9,11H,2-4,6-7H2,1H3,(H,14,16). The second-order valence-electron chi connectivity index (χ2n) is 4.49. The molecule has 1 unspecified atom stereocenters. The molecule has 18 heavy (non-hydrogen) atoms. The molecule has 0 saturated carbocycles. The Labute approximate surface area is 111 Å². The summed E-state index contributed by atoms with van der Waals surface area (Å²) in [5, 5.41) is 6.91. The second kappa shape index (κ2) is 6.00. The number of amides is 2. The van der Waals surface area contributed by atoms with Crippen LogP contribution in [-0.4, -0.2) is 35.8 Å². The van der Waals surface area contributed by atoms with Crippen molar-refractivity contribution in [3.05, 3.63) is 22.4 Å². The Kier molecular flexibility index (Phi) is 4.36. The van der Waals surface area contributed by atoms with Gasteiger partial charge in [-0.25, -0.2) is 0 Å². The van der Waals surface area contributed by atoms with Crippen LogP contribution in [0.5, 0.6) is 0 Å². The summed E-state index contributed by atoms with van der Waals surface area (Å²) in [5.41, 5.74) is 1.25. The molecule has 1 aliphatic heterocycles. The third-order valence-electron chi connectivity index (χ3n) is 3.21. The van der Waals surface area contributed by atoms with E-state index >= 15 is 0 Å². The van der Waals surface area contributed by atoms with Crippen LogP contribution >= 0.6 is 11.3 Å². The summed E-state index contributed by atoms with van der Waals surface area (Å²) in [6.07, 6.45) is 1.92. The number of carbonyl (C=O) groups is 2. The van der Waals surface area contributed by atoms with Crippen LogP contribution in [-0.2, 0) is 16.0 Å². The van der Waals surface area contributed by atoms with Gasteiger partial charge in [-0.05, 0) is 35.2 Å². The van der Waals surface area contributed by atoms with Crippen molar-refractivity contribution in [2.24, 2.45) is 0 Å². The van der Waals surface area contributed by atoms with Crippen LogP contribution in [0, 0.1) is 0 Å². The Balaban J connectivity index is 1.97. The maximum absolute atomic E-state index is 12.2. The molecule has 1 fully saturated rings. The Hall–Kier alpha value is -1.36. The van der Waals surface area contributed by atoms with Crippen molar-refractivity contribution in [3.8, 4) is 0 Å². The third-order valence-corrected chi connectivity index (χ3v) is 3.94. The van der Waals surface area contributed by atoms with E-state index in [2.05, 4.69) is 16.8 Å². The van der Waals surface area contributed by atoms with Crippen LogP contribution in [0.2, 0.25) is 0 Å². The average molecular weight is 266 g/mol. The largest absolute Gasteiger partial charge is 0.344 e. The molecular formula is C13H18N2O2S. The van der Waals surface area contributed by atoms with E-state index in [0.29, 0.717) is 25.9 Å². The highest BCUT2D eigenvalue weighted by Crippen LogP contribution is 2.10. The quantitative estimate of drug-likeness (QED) is 0.896. The van der Waals surface area contributed by atoms with E-state index in [4.69, 9.17) is 0 Å². The van der Waals surface area contributed by atoms with Gasteiger partial charge in [0.2, 0.25) is 11.8 Å². The maximum atomic E-state index is 12.2. The predicted octanol–water partition coefficient (Wildman–Crippen LogP) is 1.42. The van der Waals surface area contributed by atoms with Crippen LogP contribution in [0.3, 0.4) is 0 Å². The SMILES string of the molecule is CCC1NC(=O)CCN(CCc2ccsc2)C1=O. The Bertz CT molecular complexity index is 417. The molecule has 0 aromatic carbocycles. The van der Waals surface area contributed by atoms with Crippen molar-refractivity contribution in [3.63, 3.8) is 0 Å². The van der Waals surface area contributed by atoms with Gasteiger partial charge in [0.1, 0.15) is 6.04 Å². The van der Waals surface area contributed by atoms with Gasteiger partial charge in [0.05, 0.1) is 0 Å². The second-order valence-corrected chi connectivity index (χ2v) is 5.27. The number of carbonyl (C=O) groups excluding carboxylic acids is 2. The van der Waals surface area contributed by atoms with Crippen molar-refractivity contribution in [2.75, 3.05) is 13.1 Å². The third kappa shape index (κ3) is 3.10. The molecule has 2 rings (SSSR count). The number of rotatable bonds is 4. The highest BCUT2D eigenvalue weighted by atomic mass is 32.1. The molecule has 0 radical (unpaired) electrons. The summed E-state index contributed by atoms with van der Waals surface area (Å²) >= 11 is 1.67. The molecule has 98 valence electrons. The highest BCUT2D eigenvalue weighted by molar-refractivity contribution is 7.07. The van der Waals surface area contributed by atoms with E-state index in [-0.39, 0.29) is 17.9 Å². The number of thiophene rings is 1. The Morgan fingerprint density at radius 2 is 2.33 bits per heavy atom. The molecule has 1 N–H and O–H groups in total. The van der Waals surface area contributed by atoms with E-state index in [9.17, 15) is 9.59 Å². The summed E-state index contributed by atoms with van der Waals surface area (Å²) in [6.45, 7) is 3.15. The lowest BCUT2D eigenvalue weighted by Gasteiger charge is -2.23. The lowest BCUT2D eigenvalue weighted by atomic mass is 10.2. The molecule has 1 aromatic heterocycles. The molecule has 1 aliphatic rings. The number of nitrogens with zero attached hydrogens (tertiary/aromatic N) is 1. The van der Waals surface area contributed by atoms with Crippen LogP contribution < -0.4 is 5.32 Å². The zero-order chi connectivity index (χ0) is 13.0. The summed E-state index contributed by atoms with van der Waals surface area (Å²) in [5.74, 6) is 0.0341. The monoisotopic (exact) mass is 266 g/mol. The first-order valence-electron chi connectivity index (χ1n) is 6.30. The van der Waals surface area contributed by atoms with Crippen molar-refractivity contribution in [1.82, 2.24) is 10.2 Å². The van der Waals surface area contributed by atoms with E-state index in [1.165, 1.54) is 5.56 Å². The van der Waals surface area contributed by atoms with Crippen molar-refractivity contribution in [2.45, 2.75) is 32.2 Å². The summed E-state index contributed by atoms with van der Waals surface area (Å²) in [7, 11) is 0. The van der Waals surface area contributed by atoms with Gasteiger partial charge in [-0.3, -0.25) is 9.59 Å². The van der Waals surface area contributed by atoms with Gasteiger partial charge < -0.3 is 10.2 Å². The Morgan fingerprint density at radius 1 is 1.50 bits per heavy atom. The van der Waals surface area contributed by atoms with E-state index < -0.39 is 0 Å². The molecule has 1 saturated heterocycles. The molecule has 5 heteroatoms. The molecule has 0 bridgehead atoms. The zero-order valence-electron chi connectivity index (χ0n) is 10.5. The molecule has 0 aliphatic carbocycles. The maximum Gasteiger partial charge on any atom is 0.245 e. The van der Waals surface area contributed by atoms with Crippen LogP contribution in [0.25, 0.3) is 0 Å². The number of hydrogen-bond acceptors (Lipinski definition) is 3. The summed E-state index contributed by atoms with van der Waals surface area (Å²) in [6, 6.07) is 1.73. The predicted molar refractivity (Wildman–Crippen MR) is 71.4 cm³/mol. The molecular weight excluding hydrogens is 248 g/mol. The van der Waals surface area contributed by atoms with Crippen LogP contribution in [0.15, 0.2) is 16.8 Å². The average Bonchev–Trinajstić information content (AvgIpc) is 2.83. The topological polar surface area (TPSA) is 49.4 Å². The van der Waals surface area contributed by atoms with Crippen molar-refractivity contribution < 1.29 is 9.59 Å². The van der Waals surface area contributed by atoms with E-state index in [0.717, 1.165) is 6.42 Å². The number of nitrogens with one attached hydrogen (secondary N) is 1. The minimum absolute atomic E-state index is 0.0202. The van der Waals surface area contributed by atoms with Gasteiger partial charge >= 0.3 is 0 Å². The highest BCUT2D eigenvalue weighted by Gasteiger charge is 2.27. The van der Waals surface area contributed by atoms with Crippen molar-refractivity contribution >= 4 is 23.2 Å². The van der Waals surface area contributed by atoms with Crippen molar-refractivity contribution in [1.29, 1.82) is 0 Å². The van der Waals surface area contributed by atoms with Gasteiger partial charge in [0, 0.05) is 19.5 Å². The first-order valence-corrected chi connectivity index (χ1v) is 7.24. The zero-order valence-corrected chi connectivity index (χ0v) is 11.3. The van der Waals surface area contributed by atoms with Gasteiger partial charge in [-0.15, -0.1) is 0 Å². The van der Waals surface area contributed by atoms with Gasteiger partial charge in [-0.1, -0.05) is 6.92 Å². The Morgan fingerprint density at radius 3 is 3.00 bits per heavy atom. The normalized spacial score (nSPS) is 20.7. The van der Waals surface area contributed by atoms with Crippen LogP contribution in [0.1, 0.15) is 25.3 Å². The smallest absolute Gasteiger partial charge is 0.245 e. The lowest BCUT2D eigenvalue weighted by molar-refractivity contribution is -0.133. The molecule has 1 aromatic rings.